The van der Waals surface area contributed by atoms with E-state index >= 15 is 0 Å². The molecule has 12 nitrogen and oxygen atoms in total. The summed E-state index contributed by atoms with van der Waals surface area (Å²) in [5.74, 6) is -0.792. The van der Waals surface area contributed by atoms with Crippen LogP contribution in [-0.4, -0.2) is 57.4 Å². The molecule has 2 aromatic carbocycles. The number of aromatic nitrogens is 2. The first-order valence-corrected chi connectivity index (χ1v) is 16.2. The molecule has 6 N–H and O–H groups in total. The summed E-state index contributed by atoms with van der Waals surface area (Å²) >= 11 is 0. The van der Waals surface area contributed by atoms with E-state index in [4.69, 9.17) is 15.2 Å². The molecule has 4 aromatic rings. The molecule has 4 atom stereocenters. The van der Waals surface area contributed by atoms with Gasteiger partial charge in [-0.15, -0.1) is 0 Å². The van der Waals surface area contributed by atoms with E-state index in [1.807, 2.05) is 60.7 Å². The molecule has 0 saturated heterocycles. The molecule has 0 radical (unpaired) electrons. The molecule has 258 valence electrons. The van der Waals surface area contributed by atoms with Crippen LogP contribution in [0.25, 0.3) is 0 Å². The van der Waals surface area contributed by atoms with E-state index in [2.05, 4.69) is 25.9 Å². The minimum absolute atomic E-state index is 0.0372. The van der Waals surface area contributed by atoms with Gasteiger partial charge in [0.1, 0.15) is 19.3 Å². The summed E-state index contributed by atoms with van der Waals surface area (Å²) in [6.45, 7) is 3.53. The molecule has 0 aliphatic rings. The fourth-order valence-corrected chi connectivity index (χ4v) is 5.18. The Morgan fingerprint density at radius 2 is 1.39 bits per heavy atom. The van der Waals surface area contributed by atoms with Crippen molar-refractivity contribution in [3.63, 3.8) is 0 Å². The number of hydrogen-bond donors (Lipinski definition) is 5. The van der Waals surface area contributed by atoms with Gasteiger partial charge < -0.3 is 36.3 Å². The molecule has 0 fully saturated rings. The van der Waals surface area contributed by atoms with Crippen molar-refractivity contribution in [1.82, 2.24) is 25.9 Å². The largest absolute Gasteiger partial charge is 0.445 e. The van der Waals surface area contributed by atoms with E-state index < -0.39 is 42.3 Å². The van der Waals surface area contributed by atoms with Crippen molar-refractivity contribution < 1.29 is 29.0 Å². The summed E-state index contributed by atoms with van der Waals surface area (Å²) in [7, 11) is 0. The lowest BCUT2D eigenvalue weighted by Gasteiger charge is -2.30. The van der Waals surface area contributed by atoms with Crippen molar-refractivity contribution in [2.75, 3.05) is 5.73 Å². The van der Waals surface area contributed by atoms with Gasteiger partial charge in [0, 0.05) is 24.0 Å². The first-order valence-electron chi connectivity index (χ1n) is 16.2. The molecule has 0 bridgehead atoms. The number of ether oxygens (including phenoxy) is 2. The predicted molar refractivity (Wildman–Crippen MR) is 185 cm³/mol. The number of aliphatic hydroxyl groups is 1. The Balaban J connectivity index is 1.45. The second kappa shape index (κ2) is 18.7. The zero-order chi connectivity index (χ0) is 35.0. The maximum Gasteiger partial charge on any atom is 0.408 e. The molecule has 0 aliphatic carbocycles. The zero-order valence-corrected chi connectivity index (χ0v) is 27.7. The number of carbonyl (C=O) groups is 3. The molecular weight excluding hydrogens is 624 g/mol. The highest BCUT2D eigenvalue weighted by Gasteiger charge is 2.31. The van der Waals surface area contributed by atoms with Crippen LogP contribution in [0.4, 0.5) is 15.3 Å². The summed E-state index contributed by atoms with van der Waals surface area (Å²) in [5, 5.41) is 20.2. The number of benzene rings is 2. The minimum atomic E-state index is -1.09. The summed E-state index contributed by atoms with van der Waals surface area (Å²) in [5.41, 5.74) is 9.23. The van der Waals surface area contributed by atoms with Gasteiger partial charge in [-0.25, -0.2) is 9.59 Å². The van der Waals surface area contributed by atoms with Gasteiger partial charge in [-0.1, -0.05) is 80.6 Å². The van der Waals surface area contributed by atoms with E-state index in [0.29, 0.717) is 24.2 Å². The molecule has 12 heteroatoms. The van der Waals surface area contributed by atoms with Crippen LogP contribution in [0.2, 0.25) is 0 Å². The van der Waals surface area contributed by atoms with Crippen molar-refractivity contribution >= 4 is 23.8 Å². The van der Waals surface area contributed by atoms with Gasteiger partial charge in [0.05, 0.1) is 29.7 Å². The highest BCUT2D eigenvalue weighted by atomic mass is 16.6. The molecule has 0 aliphatic heterocycles. The molecule has 2 aromatic heterocycles. The maximum atomic E-state index is 13.7. The molecule has 3 amide bonds. The monoisotopic (exact) mass is 668 g/mol. The number of pyridine rings is 2. The molecular formula is C37H44N6O6. The maximum absolute atomic E-state index is 13.7. The number of nitrogens with one attached hydrogen (secondary N) is 3. The summed E-state index contributed by atoms with van der Waals surface area (Å²) in [6.07, 6.45) is 3.01. The quantitative estimate of drug-likeness (QED) is 0.116. The predicted octanol–water partition coefficient (Wildman–Crippen LogP) is 4.33. The summed E-state index contributed by atoms with van der Waals surface area (Å²) in [4.78, 5) is 47.5. The third kappa shape index (κ3) is 12.6. The summed E-state index contributed by atoms with van der Waals surface area (Å²) < 4.78 is 10.7. The van der Waals surface area contributed by atoms with Gasteiger partial charge >= 0.3 is 12.2 Å². The van der Waals surface area contributed by atoms with E-state index in [0.717, 1.165) is 16.7 Å². The number of hydrogen-bond acceptors (Lipinski definition) is 9. The van der Waals surface area contributed by atoms with E-state index in [-0.39, 0.29) is 25.6 Å². The molecule has 4 rings (SSSR count). The highest BCUT2D eigenvalue weighted by Crippen LogP contribution is 2.16. The van der Waals surface area contributed by atoms with Crippen LogP contribution in [-0.2, 0) is 40.3 Å². The fraction of sp³-hybridized carbons (Fsp3) is 0.324. The number of anilines is 1. The van der Waals surface area contributed by atoms with Crippen LogP contribution in [0.3, 0.4) is 0 Å². The average Bonchev–Trinajstić information content (AvgIpc) is 3.10. The number of aliphatic hydroxyl groups excluding tert-OH is 1. The Hall–Kier alpha value is -5.49. The van der Waals surface area contributed by atoms with Gasteiger partial charge in [0.25, 0.3) is 0 Å². The molecule has 2 heterocycles. The van der Waals surface area contributed by atoms with Crippen molar-refractivity contribution in [3.05, 3.63) is 126 Å². The van der Waals surface area contributed by atoms with Crippen molar-refractivity contribution in [2.24, 2.45) is 5.92 Å². The van der Waals surface area contributed by atoms with Crippen molar-refractivity contribution in [2.45, 2.75) is 70.6 Å². The van der Waals surface area contributed by atoms with Gasteiger partial charge in [-0.05, 0) is 54.5 Å². The third-order valence-electron chi connectivity index (χ3n) is 7.78. The first-order chi connectivity index (χ1) is 23.7. The number of alkyl carbamates (subject to hydrolysis) is 2. The Morgan fingerprint density at radius 1 is 0.755 bits per heavy atom. The Bertz CT molecular complexity index is 1590. The normalized spacial score (nSPS) is 13.4. The smallest absolute Gasteiger partial charge is 0.408 e. The minimum Gasteiger partial charge on any atom is -0.445 e. The van der Waals surface area contributed by atoms with Gasteiger partial charge in [-0.2, -0.15) is 0 Å². The second-order valence-corrected chi connectivity index (χ2v) is 12.1. The Labute approximate surface area is 286 Å². The van der Waals surface area contributed by atoms with Crippen LogP contribution in [0, 0.1) is 5.92 Å². The van der Waals surface area contributed by atoms with Crippen LogP contribution in [0.1, 0.15) is 42.7 Å². The Morgan fingerprint density at radius 3 is 2.00 bits per heavy atom. The number of rotatable bonds is 16. The average molecular weight is 669 g/mol. The van der Waals surface area contributed by atoms with Crippen molar-refractivity contribution in [1.29, 1.82) is 0 Å². The Kier molecular flexibility index (Phi) is 13.9. The van der Waals surface area contributed by atoms with Gasteiger partial charge in [-0.3, -0.25) is 14.8 Å². The SMILES string of the molecule is CC(C)C(NC(=O)OCc1ccc(N)cn1)C(=O)N[C@@H](Cc1ccccc1)[C@@H](O)C[C@H](Cc1ccccc1)NC(=O)OCc1cccnc1. The third-order valence-corrected chi connectivity index (χ3v) is 7.78. The molecule has 1 unspecified atom stereocenters. The molecule has 0 spiro atoms. The lowest BCUT2D eigenvalue weighted by Crippen LogP contribution is -2.56. The standard InChI is InChI=1S/C37H44N6O6/c1-25(2)34(43-37(47)49-24-30-16-15-29(38)22-40-30)35(45)42-32(19-27-12-7-4-8-13-27)33(44)20-31(18-26-10-5-3-6-11-26)41-36(46)48-23-28-14-9-17-39-21-28/h3-17,21-22,25,31-34,44H,18-20,23-24,38H2,1-2H3,(H,41,46)(H,42,45)(H,43,47)/t31-,32-,33-,34?/m0/s1. The number of amides is 3. The molecule has 49 heavy (non-hydrogen) atoms. The van der Waals surface area contributed by atoms with Crippen LogP contribution in [0.15, 0.2) is 104 Å². The number of nitrogens with two attached hydrogens (primary N) is 1. The van der Waals surface area contributed by atoms with Crippen LogP contribution in [0.5, 0.6) is 0 Å². The lowest BCUT2D eigenvalue weighted by molar-refractivity contribution is -0.125. The van der Waals surface area contributed by atoms with Crippen LogP contribution >= 0.6 is 0 Å². The van der Waals surface area contributed by atoms with E-state index in [9.17, 15) is 19.5 Å². The highest BCUT2D eigenvalue weighted by molar-refractivity contribution is 5.86. The van der Waals surface area contributed by atoms with Gasteiger partial charge in [0.15, 0.2) is 0 Å². The topological polar surface area (TPSA) is 178 Å². The number of nitrogens with zero attached hydrogens (tertiary/aromatic N) is 2. The second-order valence-electron chi connectivity index (χ2n) is 12.1. The van der Waals surface area contributed by atoms with Crippen molar-refractivity contribution in [3.8, 4) is 0 Å². The van der Waals surface area contributed by atoms with E-state index in [1.54, 1.807) is 50.5 Å². The number of carbonyl (C=O) groups excluding carboxylic acids is 3. The first kappa shape index (κ1) is 36.3. The van der Waals surface area contributed by atoms with Gasteiger partial charge in [0.2, 0.25) is 5.91 Å². The summed E-state index contributed by atoms with van der Waals surface area (Å²) in [6, 6.07) is 23.6. The van der Waals surface area contributed by atoms with Crippen LogP contribution < -0.4 is 21.7 Å². The van der Waals surface area contributed by atoms with E-state index in [1.165, 1.54) is 6.20 Å². The zero-order valence-electron chi connectivity index (χ0n) is 27.7. The number of nitrogen functional groups attached to an aromatic ring is 1. The fourth-order valence-electron chi connectivity index (χ4n) is 5.18. The lowest BCUT2D eigenvalue weighted by atomic mass is 9.93. The molecule has 0 saturated carbocycles.